The molecule has 0 radical (unpaired) electrons. The van der Waals surface area contributed by atoms with Crippen molar-refractivity contribution in [1.29, 1.82) is 0 Å². The molecule has 0 aliphatic carbocycles. The maximum Gasteiger partial charge on any atom is 0.215 e. The van der Waals surface area contributed by atoms with Crippen LogP contribution >= 0.6 is 22.6 Å². The van der Waals surface area contributed by atoms with Crippen LogP contribution in [0.2, 0.25) is 0 Å². The summed E-state index contributed by atoms with van der Waals surface area (Å²) >= 11 is 2.25. The zero-order valence-corrected chi connectivity index (χ0v) is 13.0. The van der Waals surface area contributed by atoms with Gasteiger partial charge >= 0.3 is 0 Å². The number of pyridine rings is 1. The maximum absolute atomic E-state index is 6.01. The van der Waals surface area contributed by atoms with E-state index >= 15 is 0 Å². The second kappa shape index (κ2) is 5.28. The van der Waals surface area contributed by atoms with Crippen molar-refractivity contribution in [1.82, 2.24) is 15.0 Å². The number of fused-ring (bicyclic) bond motifs is 1. The Morgan fingerprint density at radius 2 is 2.10 bits per heavy atom. The van der Waals surface area contributed by atoms with E-state index in [4.69, 9.17) is 10.5 Å². The van der Waals surface area contributed by atoms with Crippen molar-refractivity contribution < 1.29 is 4.74 Å². The Labute approximate surface area is 129 Å². The lowest BCUT2D eigenvalue weighted by molar-refractivity contribution is 0.328. The molecule has 0 spiro atoms. The van der Waals surface area contributed by atoms with Crippen LogP contribution in [0.15, 0.2) is 30.3 Å². The zero-order chi connectivity index (χ0) is 14.1. The molecule has 1 aromatic carbocycles. The van der Waals surface area contributed by atoms with Crippen molar-refractivity contribution in [2.45, 2.75) is 6.92 Å². The van der Waals surface area contributed by atoms with E-state index in [9.17, 15) is 0 Å². The van der Waals surface area contributed by atoms with Crippen LogP contribution in [0, 0.1) is 3.57 Å². The summed E-state index contributed by atoms with van der Waals surface area (Å²) in [5.41, 5.74) is 9.08. The van der Waals surface area contributed by atoms with Gasteiger partial charge in [0.05, 0.1) is 12.1 Å². The average Bonchev–Trinajstić information content (AvgIpc) is 2.85. The van der Waals surface area contributed by atoms with Crippen LogP contribution in [0.4, 0.5) is 5.69 Å². The van der Waals surface area contributed by atoms with E-state index in [2.05, 4.69) is 37.5 Å². The minimum absolute atomic E-state index is 0.577. The third-order valence-corrected chi connectivity index (χ3v) is 3.55. The highest BCUT2D eigenvalue weighted by Crippen LogP contribution is 2.27. The zero-order valence-electron chi connectivity index (χ0n) is 10.9. The fraction of sp³-hybridized carbons (Fsp3) is 0.143. The lowest BCUT2D eigenvalue weighted by Crippen LogP contribution is -1.93. The molecule has 3 aromatic rings. The first kappa shape index (κ1) is 13.2. The van der Waals surface area contributed by atoms with Crippen LogP contribution in [0.3, 0.4) is 0 Å². The second-order valence-corrected chi connectivity index (χ2v) is 5.52. The molecule has 3 N–H and O–H groups in total. The molecule has 0 aliphatic rings. The molecule has 0 saturated carbocycles. The van der Waals surface area contributed by atoms with Gasteiger partial charge in [0.15, 0.2) is 5.65 Å². The van der Waals surface area contributed by atoms with E-state index in [0.29, 0.717) is 23.8 Å². The summed E-state index contributed by atoms with van der Waals surface area (Å²) in [4.78, 5) is 12.1. The van der Waals surface area contributed by atoms with E-state index in [1.807, 2.05) is 37.3 Å². The van der Waals surface area contributed by atoms with Crippen molar-refractivity contribution in [3.05, 3.63) is 33.9 Å². The molecule has 0 bridgehead atoms. The van der Waals surface area contributed by atoms with Crippen molar-refractivity contribution in [2.24, 2.45) is 0 Å². The predicted molar refractivity (Wildman–Crippen MR) is 87.6 cm³/mol. The summed E-state index contributed by atoms with van der Waals surface area (Å²) < 4.78 is 6.49. The molecule has 0 unspecified atom stereocenters. The van der Waals surface area contributed by atoms with Gasteiger partial charge in [-0.3, -0.25) is 0 Å². The summed E-state index contributed by atoms with van der Waals surface area (Å²) in [7, 11) is 0. The third kappa shape index (κ3) is 2.43. The van der Waals surface area contributed by atoms with Gasteiger partial charge in [-0.2, -0.15) is 4.98 Å². The summed E-state index contributed by atoms with van der Waals surface area (Å²) in [5, 5.41) is 0. The molecule has 0 saturated heterocycles. The van der Waals surface area contributed by atoms with Gasteiger partial charge < -0.3 is 15.5 Å². The van der Waals surface area contributed by atoms with Gasteiger partial charge in [-0.05, 0) is 53.8 Å². The normalized spacial score (nSPS) is 10.9. The Morgan fingerprint density at radius 3 is 2.90 bits per heavy atom. The molecule has 0 atom stereocenters. The van der Waals surface area contributed by atoms with E-state index in [0.717, 1.165) is 20.5 Å². The summed E-state index contributed by atoms with van der Waals surface area (Å²) in [6.45, 7) is 2.51. The number of anilines is 1. The SMILES string of the molecule is CCOc1ccc2[nH]c(-c3cc(I)ccc3N)nc2n1. The molecule has 3 rings (SSSR count). The van der Waals surface area contributed by atoms with Gasteiger partial charge in [0, 0.05) is 20.9 Å². The molecule has 0 aliphatic heterocycles. The number of nitrogens with one attached hydrogen (secondary N) is 1. The monoisotopic (exact) mass is 380 g/mol. The number of nitrogens with zero attached hydrogens (tertiary/aromatic N) is 2. The molecule has 2 heterocycles. The Balaban J connectivity index is 2.10. The van der Waals surface area contributed by atoms with Crippen LogP contribution < -0.4 is 10.5 Å². The summed E-state index contributed by atoms with van der Waals surface area (Å²) in [6.07, 6.45) is 0. The number of aromatic nitrogens is 3. The Bertz CT molecular complexity index is 769. The number of hydrogen-bond acceptors (Lipinski definition) is 4. The van der Waals surface area contributed by atoms with Crippen molar-refractivity contribution in [2.75, 3.05) is 12.3 Å². The first-order chi connectivity index (χ1) is 9.67. The van der Waals surface area contributed by atoms with Crippen LogP contribution in [0.5, 0.6) is 5.88 Å². The molecular weight excluding hydrogens is 367 g/mol. The first-order valence-corrected chi connectivity index (χ1v) is 7.30. The van der Waals surface area contributed by atoms with Crippen molar-refractivity contribution in [3.8, 4) is 17.3 Å². The van der Waals surface area contributed by atoms with Crippen molar-refractivity contribution in [3.63, 3.8) is 0 Å². The smallest absolute Gasteiger partial charge is 0.215 e. The van der Waals surface area contributed by atoms with Crippen LogP contribution in [0.25, 0.3) is 22.6 Å². The number of hydrogen-bond donors (Lipinski definition) is 2. The van der Waals surface area contributed by atoms with E-state index in [1.54, 1.807) is 0 Å². The number of imidazole rings is 1. The van der Waals surface area contributed by atoms with Gasteiger partial charge in [0.1, 0.15) is 5.82 Å². The van der Waals surface area contributed by atoms with Gasteiger partial charge in [-0.1, -0.05) is 0 Å². The molecule has 0 fully saturated rings. The minimum Gasteiger partial charge on any atom is -0.478 e. The van der Waals surface area contributed by atoms with Gasteiger partial charge in [0.25, 0.3) is 0 Å². The maximum atomic E-state index is 6.01. The quantitative estimate of drug-likeness (QED) is 0.541. The topological polar surface area (TPSA) is 76.8 Å². The first-order valence-electron chi connectivity index (χ1n) is 6.22. The van der Waals surface area contributed by atoms with E-state index in [-0.39, 0.29) is 0 Å². The molecule has 2 aromatic heterocycles. The molecule has 5 nitrogen and oxygen atoms in total. The average molecular weight is 380 g/mol. The van der Waals surface area contributed by atoms with Gasteiger partial charge in [-0.25, -0.2) is 4.98 Å². The van der Waals surface area contributed by atoms with E-state index < -0.39 is 0 Å². The fourth-order valence-electron chi connectivity index (χ4n) is 1.96. The third-order valence-electron chi connectivity index (χ3n) is 2.88. The molecular formula is C14H13IN4O. The van der Waals surface area contributed by atoms with Gasteiger partial charge in [-0.15, -0.1) is 0 Å². The molecule has 6 heteroatoms. The standard InChI is InChI=1S/C14H13IN4O/c1-2-20-12-6-5-11-14(18-12)19-13(17-11)9-7-8(15)3-4-10(9)16/h3-7H,2,16H2,1H3,(H,17,18,19). The molecule has 102 valence electrons. The summed E-state index contributed by atoms with van der Waals surface area (Å²) in [5.74, 6) is 1.30. The van der Waals surface area contributed by atoms with Crippen molar-refractivity contribution >= 4 is 39.4 Å². The van der Waals surface area contributed by atoms with Gasteiger partial charge in [0.2, 0.25) is 5.88 Å². The Morgan fingerprint density at radius 1 is 1.25 bits per heavy atom. The number of nitrogen functional groups attached to an aromatic ring is 1. The predicted octanol–water partition coefficient (Wildman–Crippen LogP) is 3.21. The number of aromatic amines is 1. The highest BCUT2D eigenvalue weighted by atomic mass is 127. The fourth-order valence-corrected chi connectivity index (χ4v) is 2.46. The van der Waals surface area contributed by atoms with Crippen LogP contribution in [0.1, 0.15) is 6.92 Å². The minimum atomic E-state index is 0.577. The van der Waals surface area contributed by atoms with Crippen LogP contribution in [-0.2, 0) is 0 Å². The number of nitrogens with two attached hydrogens (primary N) is 1. The second-order valence-electron chi connectivity index (χ2n) is 4.27. The lowest BCUT2D eigenvalue weighted by Gasteiger charge is -2.02. The number of H-pyrrole nitrogens is 1. The highest BCUT2D eigenvalue weighted by Gasteiger charge is 2.10. The number of benzene rings is 1. The number of rotatable bonds is 3. The molecule has 0 amide bonds. The van der Waals surface area contributed by atoms with E-state index in [1.165, 1.54) is 0 Å². The summed E-state index contributed by atoms with van der Waals surface area (Å²) in [6, 6.07) is 9.58. The number of ether oxygens (including phenoxy) is 1. The lowest BCUT2D eigenvalue weighted by atomic mass is 10.2. The van der Waals surface area contributed by atoms with Crippen LogP contribution in [-0.4, -0.2) is 21.6 Å². The largest absolute Gasteiger partial charge is 0.478 e. The Hall–Kier alpha value is -1.83. The highest BCUT2D eigenvalue weighted by molar-refractivity contribution is 14.1. The Kier molecular flexibility index (Phi) is 3.47. The number of halogens is 1. The molecule has 20 heavy (non-hydrogen) atoms.